The Balaban J connectivity index is 1.96. The molecule has 7 nitrogen and oxygen atoms in total. The van der Waals surface area contributed by atoms with Gasteiger partial charge in [0.05, 0.1) is 0 Å². The van der Waals surface area contributed by atoms with Crippen LogP contribution < -0.4 is 10.9 Å². The van der Waals surface area contributed by atoms with Gasteiger partial charge in [0, 0.05) is 11.1 Å². The zero-order valence-electron chi connectivity index (χ0n) is 13.1. The van der Waals surface area contributed by atoms with Crippen LogP contribution in [0, 0.1) is 0 Å². The van der Waals surface area contributed by atoms with Gasteiger partial charge in [0.25, 0.3) is 5.91 Å². The predicted octanol–water partition coefficient (Wildman–Crippen LogP) is 3.04. The second-order valence-corrected chi connectivity index (χ2v) is 6.03. The first kappa shape index (κ1) is 17.7. The lowest BCUT2D eigenvalue weighted by Gasteiger charge is -2.19. The summed E-state index contributed by atoms with van der Waals surface area (Å²) in [5, 5.41) is 6.14. The molecule has 10 heteroatoms. The maximum atomic E-state index is 12.9. The first-order chi connectivity index (χ1) is 10.9. The van der Waals surface area contributed by atoms with Gasteiger partial charge >= 0.3 is 17.9 Å². The number of carbonyl (C=O) groups excluding carboxylic acids is 2. The van der Waals surface area contributed by atoms with E-state index in [1.807, 2.05) is 5.43 Å². The second kappa shape index (κ2) is 5.77. The highest BCUT2D eigenvalue weighted by molar-refractivity contribution is 5.94. The molecule has 0 fully saturated rings. The van der Waals surface area contributed by atoms with Crippen LogP contribution in [-0.4, -0.2) is 23.8 Å². The van der Waals surface area contributed by atoms with E-state index in [4.69, 9.17) is 4.74 Å². The number of hydrogen-bond acceptors (Lipinski definition) is 5. The van der Waals surface area contributed by atoms with E-state index >= 15 is 0 Å². The van der Waals surface area contributed by atoms with E-state index in [-0.39, 0.29) is 11.1 Å². The monoisotopic (exact) mass is 344 g/mol. The molecule has 2 rings (SSSR count). The van der Waals surface area contributed by atoms with E-state index in [0.717, 1.165) is 12.1 Å². The molecule has 0 spiro atoms. The number of amides is 2. The van der Waals surface area contributed by atoms with Crippen molar-refractivity contribution in [2.45, 2.75) is 38.2 Å². The number of hydrogen-bond donors (Lipinski definition) is 2. The van der Waals surface area contributed by atoms with Crippen LogP contribution in [-0.2, 0) is 10.4 Å². The molecule has 0 atom stereocenters. The highest BCUT2D eigenvalue weighted by Gasteiger charge is 2.65. The van der Waals surface area contributed by atoms with Crippen molar-refractivity contribution in [1.82, 2.24) is 10.9 Å². The van der Waals surface area contributed by atoms with Crippen LogP contribution in [0.15, 0.2) is 34.5 Å². The number of alkyl halides is 3. The number of halogens is 3. The van der Waals surface area contributed by atoms with Crippen molar-refractivity contribution in [1.29, 1.82) is 0 Å². The van der Waals surface area contributed by atoms with Gasteiger partial charge in [-0.2, -0.15) is 13.2 Å². The second-order valence-electron chi connectivity index (χ2n) is 6.03. The number of nitrogens with one attached hydrogen (secondary N) is 2. The molecule has 0 saturated heterocycles. The van der Waals surface area contributed by atoms with Crippen molar-refractivity contribution in [3.63, 3.8) is 0 Å². The van der Waals surface area contributed by atoms with Gasteiger partial charge in [-0.05, 0) is 32.9 Å². The van der Waals surface area contributed by atoms with Gasteiger partial charge in [-0.1, -0.05) is 12.1 Å². The van der Waals surface area contributed by atoms with Gasteiger partial charge in [0.15, 0.2) is 0 Å². The summed E-state index contributed by atoms with van der Waals surface area (Å²) < 4.78 is 43.5. The summed E-state index contributed by atoms with van der Waals surface area (Å²) in [6.07, 6.45) is -5.49. The highest BCUT2D eigenvalue weighted by Crippen LogP contribution is 2.52. The first-order valence-electron chi connectivity index (χ1n) is 6.85. The van der Waals surface area contributed by atoms with Crippen LogP contribution in [0.25, 0.3) is 0 Å². The molecular weight excluding hydrogens is 329 g/mol. The maximum absolute atomic E-state index is 12.9. The average molecular weight is 344 g/mol. The predicted molar refractivity (Wildman–Crippen MR) is 75.9 cm³/mol. The van der Waals surface area contributed by atoms with Crippen molar-refractivity contribution < 1.29 is 27.5 Å². The minimum atomic E-state index is -4.63. The Kier molecular flexibility index (Phi) is 4.25. The van der Waals surface area contributed by atoms with Crippen LogP contribution in [0.2, 0.25) is 0 Å². The molecule has 130 valence electrons. The topological polar surface area (TPSA) is 92.2 Å². The summed E-state index contributed by atoms with van der Waals surface area (Å²) in [6.45, 7) is 4.95. The lowest BCUT2D eigenvalue weighted by atomic mass is 10.0. The van der Waals surface area contributed by atoms with Gasteiger partial charge in [-0.15, -0.1) is 10.2 Å². The van der Waals surface area contributed by atoms with E-state index < -0.39 is 29.4 Å². The molecule has 1 aliphatic heterocycles. The molecule has 0 radical (unpaired) electrons. The fourth-order valence-corrected chi connectivity index (χ4v) is 1.78. The third kappa shape index (κ3) is 3.81. The SMILES string of the molecule is CC(C)(C)OC(=O)NNC(=O)c1ccc(C2(C(F)(F)F)N=N2)cc1. The summed E-state index contributed by atoms with van der Waals surface area (Å²) in [4.78, 5) is 23.2. The van der Waals surface area contributed by atoms with Crippen LogP contribution in [0.5, 0.6) is 0 Å². The Hall–Kier alpha value is -2.65. The summed E-state index contributed by atoms with van der Waals surface area (Å²) >= 11 is 0. The quantitative estimate of drug-likeness (QED) is 0.808. The highest BCUT2D eigenvalue weighted by atomic mass is 19.4. The molecule has 2 amide bonds. The van der Waals surface area contributed by atoms with Crippen LogP contribution in [0.4, 0.5) is 18.0 Å². The smallest absolute Gasteiger partial charge is 0.442 e. The van der Waals surface area contributed by atoms with Gasteiger partial charge < -0.3 is 4.74 Å². The van der Waals surface area contributed by atoms with Crippen molar-refractivity contribution in [2.75, 3.05) is 0 Å². The molecule has 1 aliphatic rings. The molecule has 0 saturated carbocycles. The van der Waals surface area contributed by atoms with Crippen LogP contribution in [0.3, 0.4) is 0 Å². The number of carbonyl (C=O) groups is 2. The number of hydrazine groups is 1. The van der Waals surface area contributed by atoms with Gasteiger partial charge in [-0.25, -0.2) is 10.2 Å². The largest absolute Gasteiger partial charge is 0.443 e. The molecule has 24 heavy (non-hydrogen) atoms. The van der Waals surface area contributed by atoms with Crippen molar-refractivity contribution >= 4 is 12.0 Å². The third-order valence-corrected chi connectivity index (χ3v) is 2.92. The van der Waals surface area contributed by atoms with Crippen LogP contribution >= 0.6 is 0 Å². The van der Waals surface area contributed by atoms with Crippen molar-refractivity contribution in [2.24, 2.45) is 10.2 Å². The fraction of sp³-hybridized carbons (Fsp3) is 0.429. The summed E-state index contributed by atoms with van der Waals surface area (Å²) in [6, 6.07) is 4.57. The average Bonchev–Trinajstić information content (AvgIpc) is 3.24. The lowest BCUT2D eigenvalue weighted by molar-refractivity contribution is -0.166. The standard InChI is InChI=1S/C14H15F3N4O3/c1-12(2,3)24-11(23)19-18-10(22)8-4-6-9(7-5-8)13(20-21-13)14(15,16)17/h4-7H,1-3H3,(H,18,22)(H,19,23). The Morgan fingerprint density at radius 3 is 2.00 bits per heavy atom. The number of benzene rings is 1. The molecule has 0 unspecified atom stereocenters. The molecule has 1 aromatic carbocycles. The van der Waals surface area contributed by atoms with Crippen molar-refractivity contribution in [3.05, 3.63) is 35.4 Å². The fourth-order valence-electron chi connectivity index (χ4n) is 1.78. The van der Waals surface area contributed by atoms with E-state index in [1.165, 1.54) is 12.1 Å². The first-order valence-corrected chi connectivity index (χ1v) is 6.85. The Morgan fingerprint density at radius 1 is 1.04 bits per heavy atom. The van der Waals surface area contributed by atoms with E-state index in [1.54, 1.807) is 20.8 Å². The summed E-state index contributed by atoms with van der Waals surface area (Å²) in [7, 11) is 0. The zero-order chi connectivity index (χ0) is 18.2. The minimum absolute atomic E-state index is 0.0489. The van der Waals surface area contributed by atoms with E-state index in [9.17, 15) is 22.8 Å². The molecular formula is C14H15F3N4O3. The van der Waals surface area contributed by atoms with Crippen LogP contribution in [0.1, 0.15) is 36.7 Å². The summed E-state index contributed by atoms with van der Waals surface area (Å²) in [5.41, 5.74) is 0.727. The Labute approximate surface area is 135 Å². The molecule has 2 N–H and O–H groups in total. The van der Waals surface area contributed by atoms with Gasteiger partial charge in [0.2, 0.25) is 0 Å². The maximum Gasteiger partial charge on any atom is 0.442 e. The van der Waals surface area contributed by atoms with Gasteiger partial charge in [0.1, 0.15) is 5.60 Å². The normalized spacial score (nSPS) is 15.6. The van der Waals surface area contributed by atoms with E-state index in [2.05, 4.69) is 15.7 Å². The third-order valence-electron chi connectivity index (χ3n) is 2.92. The number of ether oxygens (including phenoxy) is 1. The molecule has 0 aromatic heterocycles. The Morgan fingerprint density at radius 2 is 1.58 bits per heavy atom. The molecule has 0 bridgehead atoms. The lowest BCUT2D eigenvalue weighted by Crippen LogP contribution is -2.44. The number of rotatable bonds is 2. The molecule has 1 heterocycles. The molecule has 1 aromatic rings. The van der Waals surface area contributed by atoms with Crippen molar-refractivity contribution in [3.8, 4) is 0 Å². The van der Waals surface area contributed by atoms with E-state index in [0.29, 0.717) is 0 Å². The van der Waals surface area contributed by atoms with Gasteiger partial charge in [-0.3, -0.25) is 10.2 Å². The minimum Gasteiger partial charge on any atom is -0.443 e. The summed E-state index contributed by atoms with van der Waals surface area (Å²) in [5.74, 6) is -0.710. The molecule has 0 aliphatic carbocycles. The number of nitrogens with zero attached hydrogens (tertiary/aromatic N) is 2. The Bertz CT molecular complexity index is 672. The zero-order valence-corrected chi connectivity index (χ0v) is 13.1.